The minimum atomic E-state index is 0.0552. The highest BCUT2D eigenvalue weighted by molar-refractivity contribution is 5.95. The SMILES string of the molecule is CC(=O)c1ccccc1CNc1nc(NC2CCC(N)CC2)nc2c1N(C(C)C)NN2C(C)C. The lowest BCUT2D eigenvalue weighted by Crippen LogP contribution is -2.50. The minimum Gasteiger partial charge on any atom is -0.364 e. The maximum Gasteiger partial charge on any atom is 0.227 e. The second-order valence-electron chi connectivity index (χ2n) is 9.92. The predicted molar refractivity (Wildman–Crippen MR) is 138 cm³/mol. The summed E-state index contributed by atoms with van der Waals surface area (Å²) >= 11 is 0. The van der Waals surface area contributed by atoms with Crippen LogP contribution in [0.15, 0.2) is 24.3 Å². The van der Waals surface area contributed by atoms with E-state index in [4.69, 9.17) is 15.7 Å². The fourth-order valence-corrected chi connectivity index (χ4v) is 4.61. The second kappa shape index (κ2) is 10.1. The Kier molecular flexibility index (Phi) is 7.23. The number of rotatable bonds is 8. The van der Waals surface area contributed by atoms with E-state index in [0.29, 0.717) is 18.5 Å². The number of nitrogens with zero attached hydrogens (tertiary/aromatic N) is 4. The monoisotopic (exact) mass is 466 g/mol. The van der Waals surface area contributed by atoms with Crippen LogP contribution in [0.3, 0.4) is 0 Å². The zero-order valence-electron chi connectivity index (χ0n) is 20.9. The van der Waals surface area contributed by atoms with Crippen molar-refractivity contribution in [2.24, 2.45) is 5.73 Å². The van der Waals surface area contributed by atoms with Gasteiger partial charge in [-0.15, -0.1) is 5.53 Å². The van der Waals surface area contributed by atoms with Gasteiger partial charge in [0, 0.05) is 36.3 Å². The molecule has 0 saturated heterocycles. The molecule has 34 heavy (non-hydrogen) atoms. The van der Waals surface area contributed by atoms with Gasteiger partial charge < -0.3 is 16.4 Å². The molecule has 0 unspecified atom stereocenters. The van der Waals surface area contributed by atoms with Gasteiger partial charge in [0.15, 0.2) is 17.4 Å². The van der Waals surface area contributed by atoms with E-state index in [9.17, 15) is 4.79 Å². The molecule has 1 saturated carbocycles. The summed E-state index contributed by atoms with van der Waals surface area (Å²) in [6, 6.07) is 8.69. The number of ketones is 1. The van der Waals surface area contributed by atoms with Crippen LogP contribution in [0.2, 0.25) is 0 Å². The number of hydrogen-bond acceptors (Lipinski definition) is 9. The Morgan fingerprint density at radius 1 is 1.09 bits per heavy atom. The number of carbonyl (C=O) groups excluding carboxylic acids is 1. The zero-order valence-corrected chi connectivity index (χ0v) is 20.9. The van der Waals surface area contributed by atoms with Gasteiger partial charge in [-0.3, -0.25) is 14.8 Å². The van der Waals surface area contributed by atoms with Gasteiger partial charge in [-0.05, 0) is 65.9 Å². The average Bonchev–Trinajstić information content (AvgIpc) is 3.19. The smallest absolute Gasteiger partial charge is 0.227 e. The molecule has 1 aliphatic heterocycles. The lowest BCUT2D eigenvalue weighted by Gasteiger charge is -2.27. The molecule has 1 aliphatic carbocycles. The fraction of sp³-hybridized carbons (Fsp3) is 0.560. The molecule has 0 spiro atoms. The van der Waals surface area contributed by atoms with Gasteiger partial charge in [0.25, 0.3) is 0 Å². The molecule has 4 rings (SSSR count). The van der Waals surface area contributed by atoms with Crippen LogP contribution in [-0.2, 0) is 6.54 Å². The third-order valence-electron chi connectivity index (χ3n) is 6.53. The van der Waals surface area contributed by atoms with Crippen molar-refractivity contribution in [1.29, 1.82) is 0 Å². The average molecular weight is 467 g/mol. The molecule has 2 aromatic rings. The Balaban J connectivity index is 1.69. The number of hydrogen-bond donors (Lipinski definition) is 4. The van der Waals surface area contributed by atoms with Crippen LogP contribution < -0.4 is 31.9 Å². The topological polar surface area (TPSA) is 111 Å². The van der Waals surface area contributed by atoms with Crippen LogP contribution in [0.1, 0.15) is 76.2 Å². The number of hydrazine groups is 2. The summed E-state index contributed by atoms with van der Waals surface area (Å²) in [5.41, 5.74) is 12.2. The van der Waals surface area contributed by atoms with Crippen molar-refractivity contribution in [1.82, 2.24) is 15.5 Å². The first-order chi connectivity index (χ1) is 16.2. The normalized spacial score (nSPS) is 20.1. The minimum absolute atomic E-state index is 0.0552. The maximum atomic E-state index is 12.1. The molecule has 0 amide bonds. The number of fused-ring (bicyclic) bond motifs is 1. The quantitative estimate of drug-likeness (QED) is 0.431. The van der Waals surface area contributed by atoms with E-state index in [0.717, 1.165) is 54.1 Å². The Hall–Kier alpha value is -2.91. The molecule has 184 valence electrons. The third-order valence-corrected chi connectivity index (χ3v) is 6.53. The highest BCUT2D eigenvalue weighted by atomic mass is 16.1. The summed E-state index contributed by atoms with van der Waals surface area (Å²) in [5, 5.41) is 11.2. The fourth-order valence-electron chi connectivity index (χ4n) is 4.61. The number of aromatic nitrogens is 2. The standard InChI is InChI=1S/C25H38N8O/c1-15(2)32-22-23(27-14-18-8-6-7-9-21(18)17(5)34)29-25(28-20-12-10-19(26)11-13-20)30-24(22)33(31-32)16(3)4/h6-9,15-16,19-20,31H,10-14,26H2,1-5H3,(H2,27,28,29,30). The van der Waals surface area contributed by atoms with Crippen molar-refractivity contribution >= 4 is 29.1 Å². The number of nitrogens with one attached hydrogen (secondary N) is 3. The van der Waals surface area contributed by atoms with Gasteiger partial charge in [-0.2, -0.15) is 9.97 Å². The first-order valence-electron chi connectivity index (χ1n) is 12.4. The molecule has 0 atom stereocenters. The molecule has 1 fully saturated rings. The highest BCUT2D eigenvalue weighted by Gasteiger charge is 2.35. The molecule has 0 bridgehead atoms. The number of carbonyl (C=O) groups is 1. The Labute approximate surface area is 202 Å². The summed E-state index contributed by atoms with van der Waals surface area (Å²) in [4.78, 5) is 22.0. The number of anilines is 4. The molecule has 9 nitrogen and oxygen atoms in total. The van der Waals surface area contributed by atoms with Crippen LogP contribution in [0.25, 0.3) is 0 Å². The van der Waals surface area contributed by atoms with E-state index in [1.54, 1.807) is 6.92 Å². The molecule has 9 heteroatoms. The Bertz CT molecular complexity index is 1020. The highest BCUT2D eigenvalue weighted by Crippen LogP contribution is 2.40. The van der Waals surface area contributed by atoms with E-state index < -0.39 is 0 Å². The Morgan fingerprint density at radius 3 is 2.41 bits per heavy atom. The maximum absolute atomic E-state index is 12.1. The third kappa shape index (κ3) is 5.10. The second-order valence-corrected chi connectivity index (χ2v) is 9.92. The van der Waals surface area contributed by atoms with Crippen LogP contribution in [0.5, 0.6) is 0 Å². The number of benzene rings is 1. The summed E-state index contributed by atoms with van der Waals surface area (Å²) < 4.78 is 0. The summed E-state index contributed by atoms with van der Waals surface area (Å²) in [7, 11) is 0. The summed E-state index contributed by atoms with van der Waals surface area (Å²) in [5.74, 6) is 2.25. The van der Waals surface area contributed by atoms with Gasteiger partial charge in [-0.1, -0.05) is 24.3 Å². The van der Waals surface area contributed by atoms with Gasteiger partial charge in [0.2, 0.25) is 5.95 Å². The van der Waals surface area contributed by atoms with Crippen molar-refractivity contribution in [2.45, 2.75) is 91.0 Å². The van der Waals surface area contributed by atoms with Crippen molar-refractivity contribution in [3.63, 3.8) is 0 Å². The molecule has 2 heterocycles. The number of nitrogens with two attached hydrogens (primary N) is 1. The number of Topliss-reactive ketones (excluding diaryl/α,β-unsaturated/α-hetero) is 1. The van der Waals surface area contributed by atoms with E-state index >= 15 is 0 Å². The first kappa shape index (κ1) is 24.2. The van der Waals surface area contributed by atoms with Gasteiger partial charge in [0.05, 0.1) is 0 Å². The molecule has 1 aromatic carbocycles. The molecule has 5 N–H and O–H groups in total. The van der Waals surface area contributed by atoms with Crippen molar-refractivity contribution in [2.75, 3.05) is 20.7 Å². The lowest BCUT2D eigenvalue weighted by molar-refractivity contribution is 0.101. The first-order valence-corrected chi connectivity index (χ1v) is 12.4. The van der Waals surface area contributed by atoms with Crippen LogP contribution >= 0.6 is 0 Å². The molecular weight excluding hydrogens is 428 g/mol. The van der Waals surface area contributed by atoms with Gasteiger partial charge in [0.1, 0.15) is 5.69 Å². The van der Waals surface area contributed by atoms with E-state index in [-0.39, 0.29) is 23.9 Å². The zero-order chi connectivity index (χ0) is 24.4. The van der Waals surface area contributed by atoms with Crippen molar-refractivity contribution in [3.05, 3.63) is 35.4 Å². The predicted octanol–water partition coefficient (Wildman–Crippen LogP) is 3.84. The van der Waals surface area contributed by atoms with Crippen LogP contribution in [-0.4, -0.2) is 39.9 Å². The van der Waals surface area contributed by atoms with Crippen molar-refractivity contribution < 1.29 is 4.79 Å². The molecular formula is C25H38N8O. The van der Waals surface area contributed by atoms with Crippen LogP contribution in [0, 0.1) is 0 Å². The van der Waals surface area contributed by atoms with E-state index in [1.807, 2.05) is 24.3 Å². The van der Waals surface area contributed by atoms with E-state index in [1.165, 1.54) is 0 Å². The molecule has 1 aromatic heterocycles. The lowest BCUT2D eigenvalue weighted by atomic mass is 9.92. The Morgan fingerprint density at radius 2 is 1.76 bits per heavy atom. The van der Waals surface area contributed by atoms with Crippen LogP contribution in [0.4, 0.5) is 23.3 Å². The van der Waals surface area contributed by atoms with Gasteiger partial charge >= 0.3 is 0 Å². The van der Waals surface area contributed by atoms with Crippen molar-refractivity contribution in [3.8, 4) is 0 Å². The molecule has 2 aliphatic rings. The molecule has 0 radical (unpaired) electrons. The largest absolute Gasteiger partial charge is 0.364 e. The van der Waals surface area contributed by atoms with E-state index in [2.05, 4.69) is 53.9 Å². The van der Waals surface area contributed by atoms with Gasteiger partial charge in [-0.25, -0.2) is 0 Å². The summed E-state index contributed by atoms with van der Waals surface area (Å²) in [6.07, 6.45) is 4.05. The summed E-state index contributed by atoms with van der Waals surface area (Å²) in [6.45, 7) is 10.6.